The van der Waals surface area contributed by atoms with Crippen molar-refractivity contribution in [2.45, 2.75) is 11.4 Å². The van der Waals surface area contributed by atoms with Crippen LogP contribution in [0.4, 0.5) is 0 Å². The Kier molecular flexibility index (Phi) is 5.89. The van der Waals surface area contributed by atoms with Crippen LogP contribution in [0.25, 0.3) is 21.9 Å². The van der Waals surface area contributed by atoms with E-state index < -0.39 is 16.8 Å². The maximum atomic E-state index is 13.4. The number of aromatic carboxylic acids is 1. The molecule has 1 atom stereocenters. The monoisotopic (exact) mass is 495 g/mol. The number of hydrogen-bond acceptors (Lipinski definition) is 3. The zero-order chi connectivity index (χ0) is 22.1. The molecule has 1 unspecified atom stereocenters. The van der Waals surface area contributed by atoms with Crippen molar-refractivity contribution in [3.63, 3.8) is 0 Å². The number of nitrogens with zero attached hydrogens (tertiary/aromatic N) is 1. The molecule has 0 fully saturated rings. The predicted octanol–water partition coefficient (Wildman–Crippen LogP) is 4.91. The van der Waals surface area contributed by atoms with E-state index >= 15 is 0 Å². The number of carboxylic acid groups (broad SMARTS) is 1. The van der Waals surface area contributed by atoms with Crippen LogP contribution in [0, 0.1) is 0 Å². The lowest BCUT2D eigenvalue weighted by molar-refractivity contribution is 0.0685. The van der Waals surface area contributed by atoms with E-state index in [2.05, 4.69) is 15.9 Å². The van der Waals surface area contributed by atoms with Crippen molar-refractivity contribution in [1.82, 2.24) is 4.57 Å². The van der Waals surface area contributed by atoms with Crippen LogP contribution in [-0.2, 0) is 17.3 Å². The maximum Gasteiger partial charge on any atom is 0.353 e. The van der Waals surface area contributed by atoms with Crippen molar-refractivity contribution in [3.05, 3.63) is 98.9 Å². The Morgan fingerprint density at radius 3 is 2.29 bits per heavy atom. The van der Waals surface area contributed by atoms with Gasteiger partial charge in [0.15, 0.2) is 0 Å². The molecule has 0 spiro atoms. The van der Waals surface area contributed by atoms with Crippen LogP contribution in [0.2, 0.25) is 0 Å². The summed E-state index contributed by atoms with van der Waals surface area (Å²) in [6, 6.07) is 21.5. The highest BCUT2D eigenvalue weighted by atomic mass is 79.9. The van der Waals surface area contributed by atoms with Gasteiger partial charge in [0.05, 0.1) is 6.54 Å². The number of aromatic nitrogens is 1. The van der Waals surface area contributed by atoms with Gasteiger partial charge in [0.2, 0.25) is 0 Å². The molecule has 0 radical (unpaired) electrons. The van der Waals surface area contributed by atoms with Gasteiger partial charge in [-0.2, -0.15) is 0 Å². The second-order valence-corrected chi connectivity index (χ2v) is 9.37. The molecule has 0 bridgehead atoms. The Balaban J connectivity index is 2.03. The molecule has 5 nitrogen and oxygen atoms in total. The molecular formula is C24H18BrNO4S. The Bertz CT molecular complexity index is 1380. The summed E-state index contributed by atoms with van der Waals surface area (Å²) in [4.78, 5) is 26.5. The standard InChI is InChI=1S/C24H18BrNO4S/c1-31(30)18-10-7-15(8-11-18)14-26-22(24(28)29)21(16-5-3-2-4-6-16)20-13-17(25)9-12-19(20)23(26)27/h2-13H,14H2,1H3,(H,28,29). The van der Waals surface area contributed by atoms with Crippen molar-refractivity contribution in [2.75, 3.05) is 6.26 Å². The molecule has 0 amide bonds. The van der Waals surface area contributed by atoms with Gasteiger partial charge in [0.1, 0.15) is 5.69 Å². The summed E-state index contributed by atoms with van der Waals surface area (Å²) in [6.07, 6.45) is 1.59. The van der Waals surface area contributed by atoms with E-state index in [1.807, 2.05) is 30.3 Å². The van der Waals surface area contributed by atoms with Gasteiger partial charge in [0, 0.05) is 37.4 Å². The van der Waals surface area contributed by atoms with Gasteiger partial charge >= 0.3 is 5.97 Å². The first kappa shape index (κ1) is 21.2. The summed E-state index contributed by atoms with van der Waals surface area (Å²) < 4.78 is 13.7. The first-order valence-electron chi connectivity index (χ1n) is 9.44. The van der Waals surface area contributed by atoms with Crippen LogP contribution in [0.15, 0.2) is 87.0 Å². The first-order valence-corrected chi connectivity index (χ1v) is 11.8. The van der Waals surface area contributed by atoms with Crippen molar-refractivity contribution in [1.29, 1.82) is 0 Å². The van der Waals surface area contributed by atoms with Crippen molar-refractivity contribution >= 4 is 43.5 Å². The normalized spacial score (nSPS) is 12.1. The van der Waals surface area contributed by atoms with Gasteiger partial charge in [-0.25, -0.2) is 4.79 Å². The third-order valence-electron chi connectivity index (χ3n) is 5.09. The van der Waals surface area contributed by atoms with Crippen LogP contribution in [-0.4, -0.2) is 26.1 Å². The molecule has 4 rings (SSSR count). The zero-order valence-electron chi connectivity index (χ0n) is 16.5. The molecule has 0 aliphatic carbocycles. The molecule has 1 aromatic heterocycles. The van der Waals surface area contributed by atoms with Gasteiger partial charge in [-0.1, -0.05) is 58.4 Å². The number of carbonyl (C=O) groups is 1. The lowest BCUT2D eigenvalue weighted by atomic mass is 9.96. The maximum absolute atomic E-state index is 13.4. The Labute approximate surface area is 189 Å². The van der Waals surface area contributed by atoms with E-state index in [-0.39, 0.29) is 17.8 Å². The summed E-state index contributed by atoms with van der Waals surface area (Å²) in [5.41, 5.74) is 1.52. The third kappa shape index (κ3) is 4.11. The predicted molar refractivity (Wildman–Crippen MR) is 126 cm³/mol. The van der Waals surface area contributed by atoms with Crippen LogP contribution in [0.1, 0.15) is 16.1 Å². The largest absolute Gasteiger partial charge is 0.477 e. The van der Waals surface area contributed by atoms with Crippen molar-refractivity contribution < 1.29 is 14.1 Å². The average molecular weight is 496 g/mol. The second-order valence-electron chi connectivity index (χ2n) is 7.07. The van der Waals surface area contributed by atoms with Gasteiger partial charge in [-0.3, -0.25) is 13.6 Å². The molecule has 1 heterocycles. The Morgan fingerprint density at radius 1 is 1.00 bits per heavy atom. The summed E-state index contributed by atoms with van der Waals surface area (Å²) >= 11 is 3.43. The minimum absolute atomic E-state index is 0.0649. The quantitative estimate of drug-likeness (QED) is 0.426. The van der Waals surface area contributed by atoms with E-state index in [4.69, 9.17) is 0 Å². The van der Waals surface area contributed by atoms with Gasteiger partial charge in [-0.15, -0.1) is 0 Å². The molecule has 0 aliphatic heterocycles. The number of pyridine rings is 1. The summed E-state index contributed by atoms with van der Waals surface area (Å²) in [5.74, 6) is -1.18. The van der Waals surface area contributed by atoms with Gasteiger partial charge in [0.25, 0.3) is 5.56 Å². The fourth-order valence-electron chi connectivity index (χ4n) is 3.66. The van der Waals surface area contributed by atoms with Gasteiger partial charge < -0.3 is 5.11 Å². The van der Waals surface area contributed by atoms with Crippen LogP contribution in [0.3, 0.4) is 0 Å². The van der Waals surface area contributed by atoms with E-state index in [1.165, 1.54) is 4.57 Å². The topological polar surface area (TPSA) is 76.4 Å². The minimum Gasteiger partial charge on any atom is -0.477 e. The number of halogens is 1. The molecule has 0 saturated heterocycles. The number of carboxylic acids is 1. The summed E-state index contributed by atoms with van der Waals surface area (Å²) in [6.45, 7) is 0.0862. The number of rotatable bonds is 5. The SMILES string of the molecule is CS(=O)c1ccc(Cn2c(C(=O)O)c(-c3ccccc3)c3cc(Br)ccc3c2=O)cc1. The molecule has 156 valence electrons. The van der Waals surface area contributed by atoms with Crippen LogP contribution >= 0.6 is 15.9 Å². The molecule has 31 heavy (non-hydrogen) atoms. The van der Waals surface area contributed by atoms with E-state index in [0.29, 0.717) is 26.8 Å². The molecule has 4 aromatic rings. The third-order valence-corrected chi connectivity index (χ3v) is 6.52. The van der Waals surface area contributed by atoms with Gasteiger partial charge in [-0.05, 0) is 46.8 Å². The average Bonchev–Trinajstić information content (AvgIpc) is 2.76. The van der Waals surface area contributed by atoms with Crippen LogP contribution in [0.5, 0.6) is 0 Å². The fourth-order valence-corrected chi connectivity index (χ4v) is 4.54. The number of hydrogen-bond donors (Lipinski definition) is 1. The summed E-state index contributed by atoms with van der Waals surface area (Å²) in [5, 5.41) is 11.2. The van der Waals surface area contributed by atoms with Crippen LogP contribution < -0.4 is 5.56 Å². The molecule has 7 heteroatoms. The lowest BCUT2D eigenvalue weighted by Crippen LogP contribution is -2.28. The lowest BCUT2D eigenvalue weighted by Gasteiger charge is -2.18. The highest BCUT2D eigenvalue weighted by Crippen LogP contribution is 2.32. The Hall–Kier alpha value is -3.03. The highest BCUT2D eigenvalue weighted by Gasteiger charge is 2.23. The highest BCUT2D eigenvalue weighted by molar-refractivity contribution is 9.10. The number of benzene rings is 3. The fraction of sp³-hybridized carbons (Fsp3) is 0.0833. The van der Waals surface area contributed by atoms with E-state index in [0.717, 1.165) is 10.0 Å². The van der Waals surface area contributed by atoms with Crippen molar-refractivity contribution in [2.24, 2.45) is 0 Å². The zero-order valence-corrected chi connectivity index (χ0v) is 18.9. The number of fused-ring (bicyclic) bond motifs is 1. The van der Waals surface area contributed by atoms with E-state index in [9.17, 15) is 18.9 Å². The second kappa shape index (κ2) is 8.61. The molecular weight excluding hydrogens is 478 g/mol. The Morgan fingerprint density at radius 2 is 1.68 bits per heavy atom. The molecule has 0 saturated carbocycles. The van der Waals surface area contributed by atoms with E-state index in [1.54, 1.807) is 48.7 Å². The smallest absolute Gasteiger partial charge is 0.353 e. The summed E-state index contributed by atoms with van der Waals surface area (Å²) in [7, 11) is -1.12. The first-order chi connectivity index (χ1) is 14.9. The minimum atomic E-state index is -1.18. The molecule has 0 aliphatic rings. The molecule has 3 aromatic carbocycles. The van der Waals surface area contributed by atoms with Crippen molar-refractivity contribution in [3.8, 4) is 11.1 Å². The molecule has 1 N–H and O–H groups in total.